The quantitative estimate of drug-likeness (QED) is 0.891. The zero-order chi connectivity index (χ0) is 14.1. The van der Waals surface area contributed by atoms with Crippen molar-refractivity contribution in [3.8, 4) is 0 Å². The average molecular weight is 272 g/mol. The number of nitrogens with zero attached hydrogens (tertiary/aromatic N) is 2. The molecule has 1 amide bonds. The monoisotopic (exact) mass is 272 g/mol. The molecule has 2 heterocycles. The number of fused-ring (bicyclic) bond motifs is 1. The number of aromatic nitrogens is 1. The summed E-state index contributed by atoms with van der Waals surface area (Å²) in [5.74, 6) is -1.45. The highest BCUT2D eigenvalue weighted by atomic mass is 16.5. The molecule has 0 radical (unpaired) electrons. The molecule has 0 saturated carbocycles. The maximum atomic E-state index is 12.3. The molecule has 0 spiro atoms. The molecule has 20 heavy (non-hydrogen) atoms. The van der Waals surface area contributed by atoms with E-state index in [0.717, 1.165) is 11.1 Å². The number of aliphatic carboxylic acids is 1. The number of carbonyl (C=O) groups is 2. The summed E-state index contributed by atoms with van der Waals surface area (Å²) < 4.78 is 4.65. The van der Waals surface area contributed by atoms with Crippen molar-refractivity contribution in [2.24, 2.45) is 0 Å². The van der Waals surface area contributed by atoms with Crippen LogP contribution >= 0.6 is 0 Å². The number of hydrogen-bond acceptors (Lipinski definition) is 4. The highest BCUT2D eigenvalue weighted by Gasteiger charge is 2.35. The fourth-order valence-electron chi connectivity index (χ4n) is 2.43. The molecule has 3 rings (SSSR count). The molecule has 0 bridgehead atoms. The maximum absolute atomic E-state index is 12.3. The first-order valence-corrected chi connectivity index (χ1v) is 6.18. The molecule has 6 heteroatoms. The van der Waals surface area contributed by atoms with E-state index in [4.69, 9.17) is 0 Å². The first-order chi connectivity index (χ1) is 9.66. The topological polar surface area (TPSA) is 83.6 Å². The van der Waals surface area contributed by atoms with E-state index in [1.165, 1.54) is 17.2 Å². The predicted octanol–water partition coefficient (Wildman–Crippen LogP) is 1.33. The Morgan fingerprint density at radius 1 is 1.25 bits per heavy atom. The van der Waals surface area contributed by atoms with Gasteiger partial charge in [-0.2, -0.15) is 0 Å². The Morgan fingerprint density at radius 2 is 2.00 bits per heavy atom. The number of amides is 1. The Morgan fingerprint density at radius 3 is 2.65 bits per heavy atom. The molecule has 2 aromatic rings. The van der Waals surface area contributed by atoms with Crippen LogP contribution in [0.25, 0.3) is 0 Å². The molecule has 0 aliphatic carbocycles. The van der Waals surface area contributed by atoms with Gasteiger partial charge in [0, 0.05) is 19.0 Å². The lowest BCUT2D eigenvalue weighted by molar-refractivity contribution is -0.142. The van der Waals surface area contributed by atoms with Crippen molar-refractivity contribution < 1.29 is 19.2 Å². The number of rotatable bonds is 2. The molecule has 0 saturated heterocycles. The molecule has 0 unspecified atom stereocenters. The van der Waals surface area contributed by atoms with Crippen LogP contribution in [-0.2, 0) is 17.8 Å². The SMILES string of the molecule is O=C(O)[C@@H]1Cc2ccccc2CN1C(=O)c1ccon1. The Bertz CT molecular complexity index is 651. The van der Waals surface area contributed by atoms with Gasteiger partial charge in [0.25, 0.3) is 5.91 Å². The zero-order valence-corrected chi connectivity index (χ0v) is 10.5. The van der Waals surface area contributed by atoms with Crippen LogP contribution in [0.5, 0.6) is 0 Å². The minimum Gasteiger partial charge on any atom is -0.480 e. The van der Waals surface area contributed by atoms with Gasteiger partial charge >= 0.3 is 5.97 Å². The summed E-state index contributed by atoms with van der Waals surface area (Å²) in [4.78, 5) is 25.1. The third-order valence-corrected chi connectivity index (χ3v) is 3.45. The lowest BCUT2D eigenvalue weighted by Crippen LogP contribution is -2.48. The Kier molecular flexibility index (Phi) is 2.98. The van der Waals surface area contributed by atoms with Gasteiger partial charge in [0.1, 0.15) is 12.3 Å². The van der Waals surface area contributed by atoms with Gasteiger partial charge in [-0.15, -0.1) is 0 Å². The van der Waals surface area contributed by atoms with Crippen LogP contribution in [0.1, 0.15) is 21.6 Å². The van der Waals surface area contributed by atoms with E-state index in [9.17, 15) is 14.7 Å². The number of benzene rings is 1. The van der Waals surface area contributed by atoms with Crippen LogP contribution in [0.2, 0.25) is 0 Å². The zero-order valence-electron chi connectivity index (χ0n) is 10.5. The lowest BCUT2D eigenvalue weighted by Gasteiger charge is -2.33. The standard InChI is InChI=1S/C14H12N2O4/c17-13(11-5-6-20-15-11)16-8-10-4-2-1-3-9(10)7-12(16)14(18)19/h1-6,12H,7-8H2,(H,18,19)/t12-/m0/s1. The van der Waals surface area contributed by atoms with Crippen LogP contribution in [0, 0.1) is 0 Å². The molecule has 1 aromatic carbocycles. The molecule has 102 valence electrons. The van der Waals surface area contributed by atoms with Gasteiger partial charge in [-0.25, -0.2) is 4.79 Å². The molecular weight excluding hydrogens is 260 g/mol. The third kappa shape index (κ3) is 2.05. The van der Waals surface area contributed by atoms with Crippen molar-refractivity contribution in [1.29, 1.82) is 0 Å². The predicted molar refractivity (Wildman–Crippen MR) is 67.9 cm³/mol. The highest BCUT2D eigenvalue weighted by Crippen LogP contribution is 2.24. The molecule has 1 aromatic heterocycles. The van der Waals surface area contributed by atoms with Gasteiger partial charge in [-0.3, -0.25) is 4.79 Å². The summed E-state index contributed by atoms with van der Waals surface area (Å²) in [7, 11) is 0. The van der Waals surface area contributed by atoms with Crippen LogP contribution in [0.3, 0.4) is 0 Å². The molecule has 6 nitrogen and oxygen atoms in total. The molecule has 1 atom stereocenters. The van der Waals surface area contributed by atoms with E-state index in [1.54, 1.807) is 0 Å². The third-order valence-electron chi connectivity index (χ3n) is 3.45. The summed E-state index contributed by atoms with van der Waals surface area (Å²) in [5, 5.41) is 12.9. The lowest BCUT2D eigenvalue weighted by atomic mass is 9.93. The summed E-state index contributed by atoms with van der Waals surface area (Å²) in [5.41, 5.74) is 2.04. The second-order valence-corrected chi connectivity index (χ2v) is 4.64. The Hall–Kier alpha value is -2.63. The minimum atomic E-state index is -1.02. The van der Waals surface area contributed by atoms with Crippen LogP contribution in [-0.4, -0.2) is 33.1 Å². The maximum Gasteiger partial charge on any atom is 0.326 e. The summed E-state index contributed by atoms with van der Waals surface area (Å²) in [6.45, 7) is 0.263. The van der Waals surface area contributed by atoms with Crippen LogP contribution in [0.15, 0.2) is 41.1 Å². The van der Waals surface area contributed by atoms with Gasteiger partial charge in [-0.1, -0.05) is 29.4 Å². The van der Waals surface area contributed by atoms with Gasteiger partial charge < -0.3 is 14.5 Å². The van der Waals surface area contributed by atoms with Crippen molar-refractivity contribution in [2.75, 3.05) is 0 Å². The number of carboxylic acid groups (broad SMARTS) is 1. The smallest absolute Gasteiger partial charge is 0.326 e. The van der Waals surface area contributed by atoms with E-state index in [-0.39, 0.29) is 12.2 Å². The largest absolute Gasteiger partial charge is 0.480 e. The average Bonchev–Trinajstić information content (AvgIpc) is 2.99. The fourth-order valence-corrected chi connectivity index (χ4v) is 2.43. The number of carboxylic acids is 1. The van der Waals surface area contributed by atoms with E-state index in [0.29, 0.717) is 6.42 Å². The minimum absolute atomic E-state index is 0.121. The molecule has 1 aliphatic rings. The second-order valence-electron chi connectivity index (χ2n) is 4.64. The number of hydrogen-bond donors (Lipinski definition) is 1. The molecule has 1 N–H and O–H groups in total. The summed E-state index contributed by atoms with van der Waals surface area (Å²) in [6.07, 6.45) is 1.59. The molecule has 0 fully saturated rings. The van der Waals surface area contributed by atoms with Crippen molar-refractivity contribution in [1.82, 2.24) is 10.1 Å². The van der Waals surface area contributed by atoms with Gasteiger partial charge in [0.05, 0.1) is 0 Å². The van der Waals surface area contributed by atoms with Crippen LogP contribution < -0.4 is 0 Å². The first-order valence-electron chi connectivity index (χ1n) is 6.18. The van der Waals surface area contributed by atoms with Crippen molar-refractivity contribution in [3.05, 3.63) is 53.4 Å². The summed E-state index contributed by atoms with van der Waals surface area (Å²) >= 11 is 0. The molecule has 1 aliphatic heterocycles. The van der Waals surface area contributed by atoms with E-state index in [2.05, 4.69) is 9.68 Å². The Balaban J connectivity index is 1.96. The Labute approximate surface area is 114 Å². The van der Waals surface area contributed by atoms with Crippen molar-refractivity contribution in [3.63, 3.8) is 0 Å². The molecular formula is C14H12N2O4. The number of carbonyl (C=O) groups excluding carboxylic acids is 1. The van der Waals surface area contributed by atoms with Crippen molar-refractivity contribution >= 4 is 11.9 Å². The first kappa shape index (κ1) is 12.4. The van der Waals surface area contributed by atoms with Gasteiger partial charge in [0.15, 0.2) is 5.69 Å². The second kappa shape index (κ2) is 4.80. The van der Waals surface area contributed by atoms with Gasteiger partial charge in [0.2, 0.25) is 0 Å². The highest BCUT2D eigenvalue weighted by molar-refractivity contribution is 5.95. The van der Waals surface area contributed by atoms with Gasteiger partial charge in [-0.05, 0) is 11.1 Å². The van der Waals surface area contributed by atoms with Crippen LogP contribution in [0.4, 0.5) is 0 Å². The van der Waals surface area contributed by atoms with E-state index < -0.39 is 17.9 Å². The van der Waals surface area contributed by atoms with E-state index in [1.807, 2.05) is 24.3 Å². The normalized spacial score (nSPS) is 17.6. The van der Waals surface area contributed by atoms with Crippen molar-refractivity contribution in [2.45, 2.75) is 19.0 Å². The fraction of sp³-hybridized carbons (Fsp3) is 0.214. The summed E-state index contributed by atoms with van der Waals surface area (Å²) in [6, 6.07) is 8.08. The van der Waals surface area contributed by atoms with E-state index >= 15 is 0 Å².